The third kappa shape index (κ3) is 4.17. The second kappa shape index (κ2) is 7.38. The van der Waals surface area contributed by atoms with E-state index in [0.29, 0.717) is 6.54 Å². The summed E-state index contributed by atoms with van der Waals surface area (Å²) in [5.41, 5.74) is 2.74. The van der Waals surface area contributed by atoms with E-state index in [0.717, 1.165) is 32.6 Å². The van der Waals surface area contributed by atoms with Gasteiger partial charge in [-0.15, -0.1) is 11.3 Å². The van der Waals surface area contributed by atoms with Crippen LogP contribution in [0.25, 0.3) is 0 Å². The van der Waals surface area contributed by atoms with E-state index in [1.807, 2.05) is 17.4 Å². The summed E-state index contributed by atoms with van der Waals surface area (Å²) in [5, 5.41) is 12.5. The first-order valence-electron chi connectivity index (χ1n) is 7.89. The topological polar surface area (TPSA) is 26.7 Å². The van der Waals surface area contributed by atoms with Gasteiger partial charge in [-0.05, 0) is 36.0 Å². The molecule has 3 nitrogen and oxygen atoms in total. The van der Waals surface area contributed by atoms with Gasteiger partial charge >= 0.3 is 0 Å². The van der Waals surface area contributed by atoms with Gasteiger partial charge < -0.3 is 5.11 Å². The van der Waals surface area contributed by atoms with Crippen molar-refractivity contribution in [1.29, 1.82) is 0 Å². The van der Waals surface area contributed by atoms with Gasteiger partial charge in [0.2, 0.25) is 0 Å². The third-order valence-corrected chi connectivity index (χ3v) is 5.20. The minimum absolute atomic E-state index is 0.297. The standard InChI is InChI=1S/C18H24N2OS/c1-19(11-15-5-3-2-4-6-15)13-17(21)14-20-9-7-18-16(12-20)8-10-22-18/h2-6,8,10,17,21H,7,9,11-14H2,1H3. The number of benzene rings is 1. The molecule has 2 heterocycles. The van der Waals surface area contributed by atoms with Gasteiger partial charge in [0.1, 0.15) is 0 Å². The van der Waals surface area contributed by atoms with E-state index in [9.17, 15) is 5.11 Å². The number of β-amino-alcohol motifs (C(OH)–C–C–N with tert-alkyl or cyclic N) is 1. The van der Waals surface area contributed by atoms with Crippen LogP contribution >= 0.6 is 11.3 Å². The molecule has 0 saturated heterocycles. The number of nitrogens with zero attached hydrogens (tertiary/aromatic N) is 2. The molecule has 0 radical (unpaired) electrons. The molecule has 0 saturated carbocycles. The van der Waals surface area contributed by atoms with Crippen molar-refractivity contribution in [3.63, 3.8) is 0 Å². The minimum Gasteiger partial charge on any atom is -0.390 e. The first kappa shape index (κ1) is 15.7. The Labute approximate surface area is 136 Å². The van der Waals surface area contributed by atoms with Gasteiger partial charge in [0.25, 0.3) is 0 Å². The second-order valence-corrected chi connectivity index (χ2v) is 7.19. The Bertz CT molecular complexity index is 584. The molecular formula is C18H24N2OS. The summed E-state index contributed by atoms with van der Waals surface area (Å²) < 4.78 is 0. The number of fused-ring (bicyclic) bond motifs is 1. The van der Waals surface area contributed by atoms with Gasteiger partial charge in [-0.25, -0.2) is 0 Å². The molecule has 1 aromatic heterocycles. The number of rotatable bonds is 6. The number of aliphatic hydroxyl groups excluding tert-OH is 1. The van der Waals surface area contributed by atoms with Gasteiger partial charge in [0.15, 0.2) is 0 Å². The molecule has 1 unspecified atom stereocenters. The maximum atomic E-state index is 10.4. The summed E-state index contributed by atoms with van der Waals surface area (Å²) in [6, 6.07) is 12.6. The fourth-order valence-electron chi connectivity index (χ4n) is 3.14. The lowest BCUT2D eigenvalue weighted by Crippen LogP contribution is -2.40. The molecule has 0 fully saturated rings. The van der Waals surface area contributed by atoms with Crippen LogP contribution < -0.4 is 0 Å². The van der Waals surface area contributed by atoms with Crippen LogP contribution in [0.15, 0.2) is 41.8 Å². The molecular weight excluding hydrogens is 292 g/mol. The number of thiophene rings is 1. The molecule has 1 aliphatic rings. The molecule has 1 aliphatic heterocycles. The van der Waals surface area contributed by atoms with Gasteiger partial charge in [-0.1, -0.05) is 30.3 Å². The average Bonchev–Trinajstić information content (AvgIpc) is 2.95. The minimum atomic E-state index is -0.297. The third-order valence-electron chi connectivity index (χ3n) is 4.17. The van der Waals surface area contributed by atoms with Crippen LogP contribution in [0.1, 0.15) is 16.0 Å². The Hall–Kier alpha value is -1.20. The average molecular weight is 316 g/mol. The van der Waals surface area contributed by atoms with E-state index < -0.39 is 0 Å². The highest BCUT2D eigenvalue weighted by Crippen LogP contribution is 2.23. The number of likely N-dealkylation sites (N-methyl/N-ethyl adjacent to an activating group) is 1. The molecule has 0 aliphatic carbocycles. The van der Waals surface area contributed by atoms with Crippen molar-refractivity contribution in [2.45, 2.75) is 25.6 Å². The molecule has 1 N–H and O–H groups in total. The monoisotopic (exact) mass is 316 g/mol. The predicted molar refractivity (Wildman–Crippen MR) is 92.1 cm³/mol. The Morgan fingerprint density at radius 1 is 1.27 bits per heavy atom. The van der Waals surface area contributed by atoms with Crippen molar-refractivity contribution < 1.29 is 5.11 Å². The number of hydrogen-bond acceptors (Lipinski definition) is 4. The van der Waals surface area contributed by atoms with E-state index in [1.54, 1.807) is 0 Å². The van der Waals surface area contributed by atoms with Crippen molar-refractivity contribution >= 4 is 11.3 Å². The van der Waals surface area contributed by atoms with Crippen LogP contribution in [-0.2, 0) is 19.5 Å². The molecule has 0 spiro atoms. The quantitative estimate of drug-likeness (QED) is 0.887. The molecule has 0 amide bonds. The molecule has 1 atom stereocenters. The first-order valence-corrected chi connectivity index (χ1v) is 8.77. The van der Waals surface area contributed by atoms with Crippen molar-refractivity contribution in [3.05, 3.63) is 57.8 Å². The number of hydrogen-bond donors (Lipinski definition) is 1. The summed E-state index contributed by atoms with van der Waals surface area (Å²) in [7, 11) is 2.07. The van der Waals surface area contributed by atoms with E-state index in [-0.39, 0.29) is 6.10 Å². The Kier molecular flexibility index (Phi) is 5.26. The molecule has 118 valence electrons. The predicted octanol–water partition coefficient (Wildman–Crippen LogP) is 2.60. The Balaban J connectivity index is 1.45. The van der Waals surface area contributed by atoms with Crippen LogP contribution in [0.2, 0.25) is 0 Å². The van der Waals surface area contributed by atoms with E-state index in [4.69, 9.17) is 0 Å². The summed E-state index contributed by atoms with van der Waals surface area (Å²) in [4.78, 5) is 6.09. The van der Waals surface area contributed by atoms with Crippen LogP contribution in [0.3, 0.4) is 0 Å². The smallest absolute Gasteiger partial charge is 0.0793 e. The van der Waals surface area contributed by atoms with Crippen LogP contribution in [-0.4, -0.2) is 47.7 Å². The Morgan fingerprint density at radius 2 is 2.09 bits per heavy atom. The molecule has 0 bridgehead atoms. The maximum absolute atomic E-state index is 10.4. The highest BCUT2D eigenvalue weighted by atomic mass is 32.1. The van der Waals surface area contributed by atoms with Gasteiger partial charge in [0.05, 0.1) is 6.10 Å². The summed E-state index contributed by atoms with van der Waals surface area (Å²) in [5.74, 6) is 0. The highest BCUT2D eigenvalue weighted by Gasteiger charge is 2.20. The van der Waals surface area contributed by atoms with Crippen molar-refractivity contribution in [1.82, 2.24) is 9.80 Å². The molecule has 2 aromatic rings. The van der Waals surface area contributed by atoms with Crippen molar-refractivity contribution in [3.8, 4) is 0 Å². The van der Waals surface area contributed by atoms with E-state index in [2.05, 4.69) is 52.6 Å². The fraction of sp³-hybridized carbons (Fsp3) is 0.444. The normalized spacial score (nSPS) is 16.7. The molecule has 1 aromatic carbocycles. The SMILES string of the molecule is CN(Cc1ccccc1)CC(O)CN1CCc2sccc2C1. The molecule has 3 rings (SSSR count). The summed E-state index contributed by atoms with van der Waals surface area (Å²) in [6.45, 7) is 4.40. The largest absolute Gasteiger partial charge is 0.390 e. The van der Waals surface area contributed by atoms with Crippen molar-refractivity contribution in [2.75, 3.05) is 26.7 Å². The van der Waals surface area contributed by atoms with Crippen LogP contribution in [0.4, 0.5) is 0 Å². The zero-order valence-electron chi connectivity index (χ0n) is 13.1. The van der Waals surface area contributed by atoms with E-state index >= 15 is 0 Å². The van der Waals surface area contributed by atoms with Crippen molar-refractivity contribution in [2.24, 2.45) is 0 Å². The highest BCUT2D eigenvalue weighted by molar-refractivity contribution is 7.10. The fourth-order valence-corrected chi connectivity index (χ4v) is 4.03. The van der Waals surface area contributed by atoms with Gasteiger partial charge in [0, 0.05) is 37.6 Å². The van der Waals surface area contributed by atoms with E-state index in [1.165, 1.54) is 16.0 Å². The molecule has 22 heavy (non-hydrogen) atoms. The first-order chi connectivity index (χ1) is 10.7. The maximum Gasteiger partial charge on any atom is 0.0793 e. The lowest BCUT2D eigenvalue weighted by atomic mass is 10.1. The zero-order chi connectivity index (χ0) is 15.4. The van der Waals surface area contributed by atoms with Crippen LogP contribution in [0, 0.1) is 0 Å². The summed E-state index contributed by atoms with van der Waals surface area (Å²) in [6.07, 6.45) is 0.827. The molecule has 4 heteroatoms. The lowest BCUT2D eigenvalue weighted by molar-refractivity contribution is 0.0752. The number of aliphatic hydroxyl groups is 1. The van der Waals surface area contributed by atoms with Crippen LogP contribution in [0.5, 0.6) is 0 Å². The van der Waals surface area contributed by atoms with Gasteiger partial charge in [-0.3, -0.25) is 9.80 Å². The van der Waals surface area contributed by atoms with Gasteiger partial charge in [-0.2, -0.15) is 0 Å². The lowest BCUT2D eigenvalue weighted by Gasteiger charge is -2.30. The summed E-state index contributed by atoms with van der Waals surface area (Å²) >= 11 is 1.86. The Morgan fingerprint density at radius 3 is 2.91 bits per heavy atom. The second-order valence-electron chi connectivity index (χ2n) is 6.19. The zero-order valence-corrected chi connectivity index (χ0v) is 13.9.